The van der Waals surface area contributed by atoms with Gasteiger partial charge in [0.25, 0.3) is 0 Å². The molecular weight excluding hydrogens is 108 g/mol. The highest BCUT2D eigenvalue weighted by atomic mass is 16.6. The molecule has 0 aromatic rings. The highest BCUT2D eigenvalue weighted by Crippen LogP contribution is 1.80. The largest absolute Gasteiger partial charge is 0.431 e. The molecule has 4 nitrogen and oxygen atoms in total. The average Bonchev–Trinajstić information content (AvgIpc) is 1.65. The maximum Gasteiger partial charge on any atom is 0.406 e. The van der Waals surface area contributed by atoms with Gasteiger partial charge >= 0.3 is 6.09 Å². The summed E-state index contributed by atoms with van der Waals surface area (Å²) in [6, 6.07) is 0. The van der Waals surface area contributed by atoms with Crippen molar-refractivity contribution in [1.82, 2.24) is 5.32 Å². The van der Waals surface area contributed by atoms with E-state index in [9.17, 15) is 4.79 Å². The molecule has 0 saturated heterocycles. The van der Waals surface area contributed by atoms with E-state index in [1.165, 1.54) is 0 Å². The number of amides is 1. The van der Waals surface area contributed by atoms with E-state index in [1.807, 2.05) is 0 Å². The summed E-state index contributed by atoms with van der Waals surface area (Å²) in [5.41, 5.74) is 4.67. The van der Waals surface area contributed by atoms with Crippen LogP contribution < -0.4 is 11.1 Å². The lowest BCUT2D eigenvalue weighted by Gasteiger charge is -2.07. The van der Waals surface area contributed by atoms with Crippen molar-refractivity contribution in [2.75, 3.05) is 7.05 Å². The van der Waals surface area contributed by atoms with E-state index in [0.717, 1.165) is 0 Å². The third-order valence-electron chi connectivity index (χ3n) is 0.699. The van der Waals surface area contributed by atoms with Crippen LogP contribution in [0.4, 0.5) is 4.79 Å². The normalized spacial score (nSPS) is 12.8. The zero-order valence-electron chi connectivity index (χ0n) is 4.97. The maximum absolute atomic E-state index is 9.93. The Morgan fingerprint density at radius 1 is 1.88 bits per heavy atom. The number of hydrogen-bond donors (Lipinski definition) is 2. The van der Waals surface area contributed by atoms with Gasteiger partial charge in [-0.3, -0.25) is 5.32 Å². The summed E-state index contributed by atoms with van der Waals surface area (Å²) in [5, 5.41) is 2.67. The van der Waals surface area contributed by atoms with Crippen LogP contribution in [0.1, 0.15) is 6.92 Å². The van der Waals surface area contributed by atoms with Crippen LogP contribution in [-0.4, -0.2) is 19.4 Å². The molecule has 0 heterocycles. The Morgan fingerprint density at radius 2 is 2.38 bits per heavy atom. The molecule has 48 valence electrons. The van der Waals surface area contributed by atoms with E-state index in [0.29, 0.717) is 0 Å². The zero-order chi connectivity index (χ0) is 6.57. The van der Waals surface area contributed by atoms with Gasteiger partial charge in [0, 0.05) is 0 Å². The summed E-state index contributed by atoms with van der Waals surface area (Å²) >= 11 is 0. The lowest BCUT2D eigenvalue weighted by Crippen LogP contribution is -2.30. The number of nitrogens with one attached hydrogen (secondary N) is 1. The molecule has 1 atom stereocenters. The first-order valence-corrected chi connectivity index (χ1v) is 2.30. The smallest absolute Gasteiger partial charge is 0.406 e. The molecule has 0 aromatic heterocycles. The molecule has 1 unspecified atom stereocenters. The van der Waals surface area contributed by atoms with Gasteiger partial charge in [0.1, 0.15) is 0 Å². The lowest BCUT2D eigenvalue weighted by molar-refractivity contribution is 0.102. The Labute approximate surface area is 48.0 Å². The first-order valence-electron chi connectivity index (χ1n) is 2.30. The van der Waals surface area contributed by atoms with E-state index in [1.54, 1.807) is 14.0 Å². The molecule has 8 heavy (non-hydrogen) atoms. The summed E-state index contributed by atoms with van der Waals surface area (Å²) in [6.07, 6.45) is -1.06. The van der Waals surface area contributed by atoms with Crippen molar-refractivity contribution in [3.63, 3.8) is 0 Å². The monoisotopic (exact) mass is 118 g/mol. The highest BCUT2D eigenvalue weighted by Gasteiger charge is 1.98. The summed E-state index contributed by atoms with van der Waals surface area (Å²) < 4.78 is 4.43. The molecular formula is C4H10N2O2. The van der Waals surface area contributed by atoms with Gasteiger partial charge in [-0.15, -0.1) is 0 Å². The van der Waals surface area contributed by atoms with Crippen molar-refractivity contribution in [3.8, 4) is 0 Å². The molecule has 4 heteroatoms. The predicted molar refractivity (Wildman–Crippen MR) is 29.2 cm³/mol. The topological polar surface area (TPSA) is 64.3 Å². The summed E-state index contributed by atoms with van der Waals surface area (Å²) in [4.78, 5) is 9.93. The van der Waals surface area contributed by atoms with Crippen molar-refractivity contribution in [2.24, 2.45) is 5.73 Å². The molecule has 0 bridgehead atoms. The minimum absolute atomic E-state index is 0.299. The van der Waals surface area contributed by atoms with Gasteiger partial charge in [0.2, 0.25) is 0 Å². The number of nitrogens with two attached hydrogens (primary N) is 1. The molecule has 0 aliphatic heterocycles. The number of primary amides is 1. The molecule has 0 aromatic carbocycles. The van der Waals surface area contributed by atoms with Crippen molar-refractivity contribution < 1.29 is 9.53 Å². The van der Waals surface area contributed by atoms with Crippen LogP contribution >= 0.6 is 0 Å². The predicted octanol–water partition coefficient (Wildman–Crippen LogP) is -0.353. The standard InChI is InChI=1S/C4H10N2O2/c1-3(6-2)8-4(5)7/h3,6H,1-2H3,(H2,5,7). The van der Waals surface area contributed by atoms with Crippen molar-refractivity contribution in [2.45, 2.75) is 13.2 Å². The van der Waals surface area contributed by atoms with Gasteiger partial charge < -0.3 is 10.5 Å². The van der Waals surface area contributed by atoms with Gasteiger partial charge in [-0.25, -0.2) is 4.79 Å². The molecule has 0 spiro atoms. The van der Waals surface area contributed by atoms with Crippen LogP contribution in [0.2, 0.25) is 0 Å². The number of carbonyl (C=O) groups excluding carboxylic acids is 1. The van der Waals surface area contributed by atoms with Crippen LogP contribution in [-0.2, 0) is 4.74 Å². The lowest BCUT2D eigenvalue weighted by atomic mass is 10.7. The Bertz CT molecular complexity index is 84.1. The minimum atomic E-state index is -0.758. The summed E-state index contributed by atoms with van der Waals surface area (Å²) in [6.45, 7) is 1.69. The second-order valence-electron chi connectivity index (χ2n) is 1.37. The number of rotatable bonds is 2. The average molecular weight is 118 g/mol. The third-order valence-corrected chi connectivity index (χ3v) is 0.699. The van der Waals surface area contributed by atoms with Gasteiger partial charge in [0.15, 0.2) is 6.23 Å². The quantitative estimate of drug-likeness (QED) is 0.487. The molecule has 0 rings (SSSR count). The van der Waals surface area contributed by atoms with E-state index in [4.69, 9.17) is 0 Å². The second-order valence-corrected chi connectivity index (χ2v) is 1.37. The first-order chi connectivity index (χ1) is 3.66. The molecule has 0 fully saturated rings. The van der Waals surface area contributed by atoms with Gasteiger partial charge in [-0.2, -0.15) is 0 Å². The molecule has 0 aliphatic carbocycles. The fourth-order valence-electron chi connectivity index (χ4n) is 0.233. The summed E-state index contributed by atoms with van der Waals surface area (Å²) in [5.74, 6) is 0. The molecule has 3 N–H and O–H groups in total. The summed E-state index contributed by atoms with van der Waals surface area (Å²) in [7, 11) is 1.67. The third kappa shape index (κ3) is 3.42. The fraction of sp³-hybridized carbons (Fsp3) is 0.750. The Kier molecular flexibility index (Phi) is 2.95. The number of hydrogen-bond acceptors (Lipinski definition) is 3. The van der Waals surface area contributed by atoms with Crippen molar-refractivity contribution in [3.05, 3.63) is 0 Å². The first kappa shape index (κ1) is 7.23. The highest BCUT2D eigenvalue weighted by molar-refractivity contribution is 5.64. The second kappa shape index (κ2) is 3.26. The fourth-order valence-corrected chi connectivity index (χ4v) is 0.233. The van der Waals surface area contributed by atoms with Gasteiger partial charge in [-0.1, -0.05) is 0 Å². The number of ether oxygens (including phenoxy) is 1. The number of carbonyl (C=O) groups is 1. The van der Waals surface area contributed by atoms with Crippen LogP contribution in [0.25, 0.3) is 0 Å². The van der Waals surface area contributed by atoms with Crippen LogP contribution in [0, 0.1) is 0 Å². The Hall–Kier alpha value is -0.770. The minimum Gasteiger partial charge on any atom is -0.431 e. The van der Waals surface area contributed by atoms with Gasteiger partial charge in [-0.05, 0) is 14.0 Å². The van der Waals surface area contributed by atoms with Crippen molar-refractivity contribution >= 4 is 6.09 Å². The van der Waals surface area contributed by atoms with Crippen LogP contribution in [0.5, 0.6) is 0 Å². The van der Waals surface area contributed by atoms with E-state index < -0.39 is 6.09 Å². The van der Waals surface area contributed by atoms with Crippen molar-refractivity contribution in [1.29, 1.82) is 0 Å². The molecule has 1 amide bonds. The SMILES string of the molecule is CNC(C)OC(N)=O. The van der Waals surface area contributed by atoms with E-state index in [2.05, 4.69) is 15.8 Å². The van der Waals surface area contributed by atoms with Gasteiger partial charge in [0.05, 0.1) is 0 Å². The van der Waals surface area contributed by atoms with Crippen LogP contribution in [0.15, 0.2) is 0 Å². The zero-order valence-corrected chi connectivity index (χ0v) is 4.97. The van der Waals surface area contributed by atoms with Crippen LogP contribution in [0.3, 0.4) is 0 Å². The molecule has 0 radical (unpaired) electrons. The molecule has 0 saturated carbocycles. The Morgan fingerprint density at radius 3 is 2.50 bits per heavy atom. The maximum atomic E-state index is 9.93. The van der Waals surface area contributed by atoms with E-state index >= 15 is 0 Å². The van der Waals surface area contributed by atoms with E-state index in [-0.39, 0.29) is 6.23 Å². The molecule has 0 aliphatic rings. The Balaban J connectivity index is 3.24.